The Morgan fingerprint density at radius 2 is 2.20 bits per heavy atom. The molecule has 4 heteroatoms. The summed E-state index contributed by atoms with van der Waals surface area (Å²) in [5, 5.41) is 0. The second-order valence-corrected chi connectivity index (χ2v) is 5.44. The fourth-order valence-electron chi connectivity index (χ4n) is 2.74. The van der Waals surface area contributed by atoms with Gasteiger partial charge in [-0.15, -0.1) is 0 Å². The standard InChI is InChI=1S/C16H22FNO2/c1-12-6-4-3-5-9-18(12)11-15(19)14-10-13(17)7-8-16(14)20-2/h7-8,10,12H,3-6,9,11H2,1-2H3. The normalized spacial score (nSPS) is 20.4. The molecule has 3 nitrogen and oxygen atoms in total. The second-order valence-electron chi connectivity index (χ2n) is 5.44. The molecular weight excluding hydrogens is 257 g/mol. The van der Waals surface area contributed by atoms with Gasteiger partial charge < -0.3 is 4.74 Å². The molecule has 1 saturated heterocycles. The first-order valence-corrected chi connectivity index (χ1v) is 7.22. The highest BCUT2D eigenvalue weighted by atomic mass is 19.1. The van der Waals surface area contributed by atoms with Gasteiger partial charge >= 0.3 is 0 Å². The minimum Gasteiger partial charge on any atom is -0.496 e. The van der Waals surface area contributed by atoms with Crippen LogP contribution in [0.2, 0.25) is 0 Å². The van der Waals surface area contributed by atoms with Crippen LogP contribution >= 0.6 is 0 Å². The Morgan fingerprint density at radius 1 is 1.40 bits per heavy atom. The Hall–Kier alpha value is -1.42. The van der Waals surface area contributed by atoms with Crippen molar-refractivity contribution in [3.05, 3.63) is 29.6 Å². The Bertz CT molecular complexity index is 476. The third-order valence-corrected chi connectivity index (χ3v) is 4.00. The molecule has 1 aliphatic rings. The predicted octanol–water partition coefficient (Wildman–Crippen LogP) is 3.28. The summed E-state index contributed by atoms with van der Waals surface area (Å²) in [6, 6.07) is 4.49. The van der Waals surface area contributed by atoms with Crippen molar-refractivity contribution in [1.82, 2.24) is 4.90 Å². The number of carbonyl (C=O) groups excluding carboxylic acids is 1. The lowest BCUT2D eigenvalue weighted by molar-refractivity contribution is 0.0898. The summed E-state index contributed by atoms with van der Waals surface area (Å²) in [5.41, 5.74) is 0.337. The molecule has 1 heterocycles. The Labute approximate surface area is 119 Å². The number of carbonyl (C=O) groups is 1. The molecule has 110 valence electrons. The molecule has 0 radical (unpaired) electrons. The predicted molar refractivity (Wildman–Crippen MR) is 76.8 cm³/mol. The number of benzene rings is 1. The van der Waals surface area contributed by atoms with E-state index in [1.807, 2.05) is 0 Å². The molecule has 1 unspecified atom stereocenters. The van der Waals surface area contributed by atoms with E-state index in [4.69, 9.17) is 4.74 Å². The van der Waals surface area contributed by atoms with E-state index in [1.165, 1.54) is 38.2 Å². The minimum absolute atomic E-state index is 0.0740. The number of rotatable bonds is 4. The van der Waals surface area contributed by atoms with Gasteiger partial charge in [-0.05, 0) is 44.5 Å². The quantitative estimate of drug-likeness (QED) is 0.792. The molecule has 0 saturated carbocycles. The van der Waals surface area contributed by atoms with Crippen molar-refractivity contribution < 1.29 is 13.9 Å². The van der Waals surface area contributed by atoms with Crippen molar-refractivity contribution in [2.45, 2.75) is 38.6 Å². The first-order valence-electron chi connectivity index (χ1n) is 7.22. The van der Waals surface area contributed by atoms with Crippen LogP contribution in [0.15, 0.2) is 18.2 Å². The molecule has 0 bridgehead atoms. The SMILES string of the molecule is COc1ccc(F)cc1C(=O)CN1CCCCCC1C. The molecule has 1 fully saturated rings. The number of nitrogens with zero attached hydrogens (tertiary/aromatic N) is 1. The number of ketones is 1. The zero-order valence-corrected chi connectivity index (χ0v) is 12.2. The van der Waals surface area contributed by atoms with E-state index >= 15 is 0 Å². The van der Waals surface area contributed by atoms with Crippen molar-refractivity contribution in [3.63, 3.8) is 0 Å². The van der Waals surface area contributed by atoms with Crippen LogP contribution in [0.3, 0.4) is 0 Å². The molecule has 0 N–H and O–H groups in total. The van der Waals surface area contributed by atoms with Crippen LogP contribution in [0, 0.1) is 5.82 Å². The first kappa shape index (κ1) is 15.0. The maximum atomic E-state index is 13.3. The molecule has 1 aliphatic heterocycles. The summed E-state index contributed by atoms with van der Waals surface area (Å²) in [6.45, 7) is 3.42. The average molecular weight is 279 g/mol. The molecule has 0 aromatic heterocycles. The molecule has 2 rings (SSSR count). The number of methoxy groups -OCH3 is 1. The van der Waals surface area contributed by atoms with Gasteiger partial charge in [0.1, 0.15) is 11.6 Å². The number of halogens is 1. The van der Waals surface area contributed by atoms with E-state index in [2.05, 4.69) is 11.8 Å². The van der Waals surface area contributed by atoms with Crippen LogP contribution in [0.1, 0.15) is 43.0 Å². The highest BCUT2D eigenvalue weighted by Crippen LogP contribution is 2.22. The lowest BCUT2D eigenvalue weighted by Crippen LogP contribution is -2.37. The van der Waals surface area contributed by atoms with Gasteiger partial charge in [-0.3, -0.25) is 9.69 Å². The van der Waals surface area contributed by atoms with Gasteiger partial charge in [0.05, 0.1) is 19.2 Å². The molecule has 0 aliphatic carbocycles. The molecule has 1 aromatic carbocycles. The van der Waals surface area contributed by atoms with Crippen molar-refractivity contribution in [3.8, 4) is 5.75 Å². The summed E-state index contributed by atoms with van der Waals surface area (Å²) in [5.74, 6) is -0.0351. The van der Waals surface area contributed by atoms with Crippen molar-refractivity contribution >= 4 is 5.78 Å². The summed E-state index contributed by atoms with van der Waals surface area (Å²) in [4.78, 5) is 14.6. The van der Waals surface area contributed by atoms with E-state index in [9.17, 15) is 9.18 Å². The number of hydrogen-bond acceptors (Lipinski definition) is 3. The zero-order chi connectivity index (χ0) is 14.5. The van der Waals surface area contributed by atoms with Crippen LogP contribution < -0.4 is 4.74 Å². The summed E-state index contributed by atoms with van der Waals surface area (Å²) >= 11 is 0. The van der Waals surface area contributed by atoms with Crippen molar-refractivity contribution in [2.75, 3.05) is 20.2 Å². The largest absolute Gasteiger partial charge is 0.496 e. The van der Waals surface area contributed by atoms with E-state index in [1.54, 1.807) is 0 Å². The van der Waals surface area contributed by atoms with Crippen LogP contribution in [-0.2, 0) is 0 Å². The third-order valence-electron chi connectivity index (χ3n) is 4.00. The van der Waals surface area contributed by atoms with Crippen LogP contribution in [0.5, 0.6) is 5.75 Å². The topological polar surface area (TPSA) is 29.5 Å². The molecule has 20 heavy (non-hydrogen) atoms. The highest BCUT2D eigenvalue weighted by molar-refractivity contribution is 6.00. The fraction of sp³-hybridized carbons (Fsp3) is 0.562. The Morgan fingerprint density at radius 3 is 2.95 bits per heavy atom. The molecule has 1 atom stereocenters. The van der Waals surface area contributed by atoms with Crippen molar-refractivity contribution in [2.24, 2.45) is 0 Å². The number of hydrogen-bond donors (Lipinski definition) is 0. The van der Waals surface area contributed by atoms with Gasteiger partial charge in [0.15, 0.2) is 5.78 Å². The number of likely N-dealkylation sites (tertiary alicyclic amines) is 1. The van der Waals surface area contributed by atoms with Crippen LogP contribution in [0.4, 0.5) is 4.39 Å². The van der Waals surface area contributed by atoms with Gasteiger partial charge in [-0.25, -0.2) is 4.39 Å². The molecule has 0 spiro atoms. The van der Waals surface area contributed by atoms with E-state index in [-0.39, 0.29) is 5.78 Å². The van der Waals surface area contributed by atoms with E-state index < -0.39 is 5.82 Å². The molecule has 0 amide bonds. The van der Waals surface area contributed by atoms with Gasteiger partial charge in [0.2, 0.25) is 0 Å². The maximum absolute atomic E-state index is 13.3. The monoisotopic (exact) mass is 279 g/mol. The first-order chi connectivity index (χ1) is 9.61. The van der Waals surface area contributed by atoms with Crippen LogP contribution in [-0.4, -0.2) is 36.9 Å². The third kappa shape index (κ3) is 3.57. The lowest BCUT2D eigenvalue weighted by Gasteiger charge is -2.26. The molecule has 1 aromatic rings. The summed E-state index contributed by atoms with van der Waals surface area (Å²) < 4.78 is 18.5. The van der Waals surface area contributed by atoms with Gasteiger partial charge in [-0.1, -0.05) is 12.8 Å². The van der Waals surface area contributed by atoms with Crippen LogP contribution in [0.25, 0.3) is 0 Å². The second kappa shape index (κ2) is 6.84. The maximum Gasteiger partial charge on any atom is 0.180 e. The van der Waals surface area contributed by atoms with E-state index in [0.29, 0.717) is 23.9 Å². The smallest absolute Gasteiger partial charge is 0.180 e. The highest BCUT2D eigenvalue weighted by Gasteiger charge is 2.22. The van der Waals surface area contributed by atoms with E-state index in [0.717, 1.165) is 19.4 Å². The average Bonchev–Trinajstić information content (AvgIpc) is 2.64. The van der Waals surface area contributed by atoms with Gasteiger partial charge in [0, 0.05) is 6.04 Å². The van der Waals surface area contributed by atoms with Crippen molar-refractivity contribution in [1.29, 1.82) is 0 Å². The number of Topliss-reactive ketones (excluding diaryl/α,β-unsaturated/α-hetero) is 1. The minimum atomic E-state index is -0.405. The Balaban J connectivity index is 2.12. The summed E-state index contributed by atoms with van der Waals surface area (Å²) in [7, 11) is 1.50. The summed E-state index contributed by atoms with van der Waals surface area (Å²) in [6.07, 6.45) is 4.68. The fourth-order valence-corrected chi connectivity index (χ4v) is 2.74. The lowest BCUT2D eigenvalue weighted by atomic mass is 10.1. The number of ether oxygens (including phenoxy) is 1. The molecular formula is C16H22FNO2. The Kier molecular flexibility index (Phi) is 5.12. The zero-order valence-electron chi connectivity index (χ0n) is 12.2. The van der Waals surface area contributed by atoms with Gasteiger partial charge in [0.25, 0.3) is 0 Å². The van der Waals surface area contributed by atoms with Gasteiger partial charge in [-0.2, -0.15) is 0 Å².